The number of carbonyl (C=O) groups excluding carboxylic acids is 1. The molecule has 0 saturated carbocycles. The molecule has 2 aliphatic rings. The lowest BCUT2D eigenvalue weighted by Crippen LogP contribution is -2.42. The molecule has 0 aliphatic carbocycles. The molecule has 2 aliphatic heterocycles. The van der Waals surface area contributed by atoms with E-state index < -0.39 is 0 Å². The lowest BCUT2D eigenvalue weighted by atomic mass is 10.1. The number of carbonyl (C=O) groups is 1. The van der Waals surface area contributed by atoms with Crippen molar-refractivity contribution in [2.75, 3.05) is 5.75 Å². The van der Waals surface area contributed by atoms with Crippen molar-refractivity contribution in [2.45, 2.75) is 37.6 Å². The number of piperidine rings is 1. The first-order chi connectivity index (χ1) is 5.29. The molecule has 0 aromatic heterocycles. The van der Waals surface area contributed by atoms with Crippen LogP contribution in [0.15, 0.2) is 0 Å². The summed E-state index contributed by atoms with van der Waals surface area (Å²) in [5, 5.41) is 0.520. The molecule has 1 amide bonds. The van der Waals surface area contributed by atoms with Gasteiger partial charge in [-0.05, 0) is 19.8 Å². The Morgan fingerprint density at radius 1 is 1.64 bits per heavy atom. The van der Waals surface area contributed by atoms with Crippen LogP contribution in [0.4, 0.5) is 0 Å². The predicted octanol–water partition coefficient (Wildman–Crippen LogP) is 1.46. The number of thioether (sulfide) groups is 1. The second-order valence-electron chi connectivity index (χ2n) is 3.33. The normalized spacial score (nSPS) is 37.5. The molecule has 3 heteroatoms. The van der Waals surface area contributed by atoms with Crippen LogP contribution in [-0.4, -0.2) is 28.0 Å². The number of rotatable bonds is 0. The van der Waals surface area contributed by atoms with Crippen LogP contribution in [-0.2, 0) is 4.79 Å². The molecule has 11 heavy (non-hydrogen) atoms. The number of amides is 1. The molecular weight excluding hydrogens is 158 g/mol. The van der Waals surface area contributed by atoms with Gasteiger partial charge in [0.1, 0.15) is 0 Å². The Bertz CT molecular complexity index is 181. The average Bonchev–Trinajstić information content (AvgIpc) is 2.34. The van der Waals surface area contributed by atoms with E-state index in [1.54, 1.807) is 0 Å². The van der Waals surface area contributed by atoms with Gasteiger partial charge in [0.25, 0.3) is 0 Å². The van der Waals surface area contributed by atoms with Crippen molar-refractivity contribution in [2.24, 2.45) is 0 Å². The molecule has 0 bridgehead atoms. The minimum absolute atomic E-state index is 0.374. The van der Waals surface area contributed by atoms with E-state index in [4.69, 9.17) is 0 Å². The van der Waals surface area contributed by atoms with Crippen LogP contribution in [0.3, 0.4) is 0 Å². The highest BCUT2D eigenvalue weighted by molar-refractivity contribution is 8.00. The smallest absolute Gasteiger partial charge is 0.223 e. The summed E-state index contributed by atoms with van der Waals surface area (Å²) in [5.74, 6) is 1.51. The highest BCUT2D eigenvalue weighted by Crippen LogP contribution is 2.35. The molecule has 62 valence electrons. The standard InChI is InChI=1S/C8H13NOS/c1-6-5-11-8-4-2-3-7(10)9(6)8/h6,8H,2-5H2,1H3/t6-,8?/m1/s1. The van der Waals surface area contributed by atoms with Crippen molar-refractivity contribution in [3.63, 3.8) is 0 Å². The maximum Gasteiger partial charge on any atom is 0.223 e. The largest absolute Gasteiger partial charge is 0.327 e. The Labute approximate surface area is 71.3 Å². The van der Waals surface area contributed by atoms with Gasteiger partial charge in [0.05, 0.1) is 5.37 Å². The van der Waals surface area contributed by atoms with Crippen molar-refractivity contribution in [3.05, 3.63) is 0 Å². The Morgan fingerprint density at radius 3 is 3.18 bits per heavy atom. The van der Waals surface area contributed by atoms with E-state index in [2.05, 4.69) is 11.8 Å². The van der Waals surface area contributed by atoms with Gasteiger partial charge < -0.3 is 4.90 Å². The number of hydrogen-bond donors (Lipinski definition) is 0. The molecule has 2 fully saturated rings. The molecule has 1 unspecified atom stereocenters. The molecular formula is C8H13NOS. The van der Waals surface area contributed by atoms with Crippen molar-refractivity contribution in [1.82, 2.24) is 4.90 Å². The van der Waals surface area contributed by atoms with Gasteiger partial charge in [0.2, 0.25) is 5.91 Å². The summed E-state index contributed by atoms with van der Waals surface area (Å²) in [4.78, 5) is 13.5. The van der Waals surface area contributed by atoms with Crippen molar-refractivity contribution in [1.29, 1.82) is 0 Å². The fourth-order valence-corrected chi connectivity index (χ4v) is 3.36. The Hall–Kier alpha value is -0.180. The first-order valence-corrected chi connectivity index (χ1v) is 5.26. The molecule has 0 N–H and O–H groups in total. The molecule has 2 saturated heterocycles. The number of fused-ring (bicyclic) bond motifs is 1. The zero-order valence-electron chi connectivity index (χ0n) is 6.75. The lowest BCUT2D eigenvalue weighted by Gasteiger charge is -2.31. The zero-order chi connectivity index (χ0) is 7.84. The molecule has 0 aromatic carbocycles. The third-order valence-electron chi connectivity index (χ3n) is 2.44. The van der Waals surface area contributed by atoms with Crippen LogP contribution in [0.1, 0.15) is 26.2 Å². The van der Waals surface area contributed by atoms with Gasteiger partial charge in [0.15, 0.2) is 0 Å². The van der Waals surface area contributed by atoms with Gasteiger partial charge in [-0.3, -0.25) is 4.79 Å². The zero-order valence-corrected chi connectivity index (χ0v) is 7.56. The van der Waals surface area contributed by atoms with E-state index >= 15 is 0 Å². The highest BCUT2D eigenvalue weighted by atomic mass is 32.2. The van der Waals surface area contributed by atoms with E-state index in [0.29, 0.717) is 17.3 Å². The molecule has 0 aromatic rings. The van der Waals surface area contributed by atoms with Crippen LogP contribution in [0.2, 0.25) is 0 Å². The average molecular weight is 171 g/mol. The Kier molecular flexibility index (Phi) is 1.83. The molecule has 2 heterocycles. The van der Waals surface area contributed by atoms with Crippen molar-refractivity contribution < 1.29 is 4.79 Å². The Morgan fingerprint density at radius 2 is 2.45 bits per heavy atom. The van der Waals surface area contributed by atoms with Gasteiger partial charge in [-0.2, -0.15) is 0 Å². The quantitative estimate of drug-likeness (QED) is 0.550. The van der Waals surface area contributed by atoms with Gasteiger partial charge in [-0.15, -0.1) is 11.8 Å². The van der Waals surface area contributed by atoms with Crippen LogP contribution >= 0.6 is 11.8 Å². The fourth-order valence-electron chi connectivity index (χ4n) is 1.88. The third kappa shape index (κ3) is 1.15. The summed E-state index contributed by atoms with van der Waals surface area (Å²) in [5.41, 5.74) is 0. The first kappa shape index (κ1) is 7.47. The predicted molar refractivity (Wildman–Crippen MR) is 46.4 cm³/mol. The monoisotopic (exact) mass is 171 g/mol. The second kappa shape index (κ2) is 2.70. The maximum absolute atomic E-state index is 11.4. The first-order valence-electron chi connectivity index (χ1n) is 4.22. The lowest BCUT2D eigenvalue weighted by molar-refractivity contribution is -0.135. The summed E-state index contributed by atoms with van der Waals surface area (Å²) >= 11 is 1.94. The van der Waals surface area contributed by atoms with Crippen molar-refractivity contribution in [3.8, 4) is 0 Å². The van der Waals surface area contributed by atoms with Gasteiger partial charge in [0, 0.05) is 18.2 Å². The highest BCUT2D eigenvalue weighted by Gasteiger charge is 2.36. The van der Waals surface area contributed by atoms with E-state index in [9.17, 15) is 4.79 Å². The topological polar surface area (TPSA) is 20.3 Å². The summed E-state index contributed by atoms with van der Waals surface area (Å²) < 4.78 is 0. The van der Waals surface area contributed by atoms with E-state index in [1.807, 2.05) is 11.8 Å². The molecule has 2 rings (SSSR count). The Balaban J connectivity index is 2.14. The van der Waals surface area contributed by atoms with Gasteiger partial charge in [-0.1, -0.05) is 0 Å². The molecule has 0 radical (unpaired) electrons. The molecule has 2 atom stereocenters. The van der Waals surface area contributed by atoms with Crippen LogP contribution in [0.5, 0.6) is 0 Å². The molecule has 2 nitrogen and oxygen atoms in total. The summed E-state index contributed by atoms with van der Waals surface area (Å²) in [6.45, 7) is 2.15. The number of nitrogens with zero attached hydrogens (tertiary/aromatic N) is 1. The number of hydrogen-bond acceptors (Lipinski definition) is 2. The second-order valence-corrected chi connectivity index (χ2v) is 4.54. The fraction of sp³-hybridized carbons (Fsp3) is 0.875. The minimum Gasteiger partial charge on any atom is -0.327 e. The summed E-state index contributed by atoms with van der Waals surface area (Å²) in [6, 6.07) is 0.484. The van der Waals surface area contributed by atoms with E-state index in [-0.39, 0.29) is 0 Å². The van der Waals surface area contributed by atoms with Gasteiger partial charge >= 0.3 is 0 Å². The molecule has 0 spiro atoms. The summed E-state index contributed by atoms with van der Waals surface area (Å²) in [7, 11) is 0. The minimum atomic E-state index is 0.374. The summed E-state index contributed by atoms with van der Waals surface area (Å²) in [6.07, 6.45) is 3.09. The third-order valence-corrected chi connectivity index (χ3v) is 3.97. The van der Waals surface area contributed by atoms with Crippen LogP contribution in [0.25, 0.3) is 0 Å². The van der Waals surface area contributed by atoms with E-state index in [1.165, 1.54) is 6.42 Å². The maximum atomic E-state index is 11.4. The SMILES string of the molecule is C[C@@H]1CSC2CCCC(=O)N21. The van der Waals surface area contributed by atoms with Crippen LogP contribution in [0, 0.1) is 0 Å². The van der Waals surface area contributed by atoms with Crippen molar-refractivity contribution >= 4 is 17.7 Å². The van der Waals surface area contributed by atoms with Gasteiger partial charge in [-0.25, -0.2) is 0 Å². The van der Waals surface area contributed by atoms with Crippen LogP contribution < -0.4 is 0 Å². The van der Waals surface area contributed by atoms with E-state index in [0.717, 1.165) is 18.6 Å².